The number of aromatic nitrogens is 2. The Morgan fingerprint density at radius 3 is 2.38 bits per heavy atom. The SMILES string of the molecule is Cc1c2cc(N)c(N3CCC(O[Si](C)(C)C(C)(C)C)CC3)cc2nn1C. The fraction of sp³-hybridized carbons (Fsp3) is 0.650. The predicted octanol–water partition coefficient (Wildman–Crippen LogP) is 4.45. The van der Waals surface area contributed by atoms with Crippen LogP contribution in [-0.2, 0) is 11.5 Å². The highest BCUT2D eigenvalue weighted by molar-refractivity contribution is 6.74. The van der Waals surface area contributed by atoms with Gasteiger partial charge in [-0.15, -0.1) is 0 Å². The van der Waals surface area contributed by atoms with E-state index in [1.54, 1.807) is 0 Å². The van der Waals surface area contributed by atoms with Gasteiger partial charge in [0.05, 0.1) is 16.9 Å². The molecule has 0 saturated carbocycles. The number of fused-ring (bicyclic) bond motifs is 1. The zero-order chi connectivity index (χ0) is 19.3. The predicted molar refractivity (Wildman–Crippen MR) is 113 cm³/mol. The first-order valence-electron chi connectivity index (χ1n) is 9.65. The van der Waals surface area contributed by atoms with Crippen molar-refractivity contribution in [2.24, 2.45) is 7.05 Å². The summed E-state index contributed by atoms with van der Waals surface area (Å²) in [6.45, 7) is 15.7. The van der Waals surface area contributed by atoms with Crippen molar-refractivity contribution < 1.29 is 4.43 Å². The molecule has 0 amide bonds. The highest BCUT2D eigenvalue weighted by atomic mass is 28.4. The summed E-state index contributed by atoms with van der Waals surface area (Å²) in [5.41, 5.74) is 10.5. The zero-order valence-electron chi connectivity index (χ0n) is 17.4. The van der Waals surface area contributed by atoms with E-state index < -0.39 is 8.32 Å². The van der Waals surface area contributed by atoms with Crippen LogP contribution in [0.5, 0.6) is 0 Å². The van der Waals surface area contributed by atoms with Crippen molar-refractivity contribution in [2.75, 3.05) is 23.7 Å². The van der Waals surface area contributed by atoms with Crippen LogP contribution in [0.4, 0.5) is 11.4 Å². The lowest BCUT2D eigenvalue weighted by molar-refractivity contribution is 0.152. The number of benzene rings is 1. The minimum atomic E-state index is -1.70. The van der Waals surface area contributed by atoms with Crippen LogP contribution in [0.25, 0.3) is 10.9 Å². The van der Waals surface area contributed by atoms with Gasteiger partial charge in [0.2, 0.25) is 0 Å². The molecule has 144 valence electrons. The molecule has 1 saturated heterocycles. The Morgan fingerprint density at radius 1 is 1.19 bits per heavy atom. The molecule has 2 heterocycles. The fourth-order valence-corrected chi connectivity index (χ4v) is 4.88. The molecule has 1 aromatic carbocycles. The van der Waals surface area contributed by atoms with Crippen molar-refractivity contribution in [3.05, 3.63) is 17.8 Å². The van der Waals surface area contributed by atoms with Gasteiger partial charge in [0, 0.05) is 37.3 Å². The van der Waals surface area contributed by atoms with E-state index in [9.17, 15) is 0 Å². The van der Waals surface area contributed by atoms with Gasteiger partial charge in [-0.1, -0.05) is 20.8 Å². The summed E-state index contributed by atoms with van der Waals surface area (Å²) in [7, 11) is 0.281. The Kier molecular flexibility index (Phi) is 4.86. The van der Waals surface area contributed by atoms with Crippen LogP contribution < -0.4 is 10.6 Å². The van der Waals surface area contributed by atoms with E-state index >= 15 is 0 Å². The van der Waals surface area contributed by atoms with Crippen LogP contribution in [0.2, 0.25) is 18.1 Å². The van der Waals surface area contributed by atoms with E-state index in [2.05, 4.69) is 62.9 Å². The first-order valence-corrected chi connectivity index (χ1v) is 12.6. The van der Waals surface area contributed by atoms with Crippen LogP contribution in [0.1, 0.15) is 39.3 Å². The van der Waals surface area contributed by atoms with Crippen molar-refractivity contribution in [1.29, 1.82) is 0 Å². The molecule has 0 unspecified atom stereocenters. The molecule has 26 heavy (non-hydrogen) atoms. The summed E-state index contributed by atoms with van der Waals surface area (Å²) >= 11 is 0. The average Bonchev–Trinajstić information content (AvgIpc) is 2.81. The summed E-state index contributed by atoms with van der Waals surface area (Å²) < 4.78 is 8.54. The number of nitrogen functional groups attached to an aromatic ring is 1. The van der Waals surface area contributed by atoms with Gasteiger partial charge >= 0.3 is 0 Å². The Bertz CT molecular complexity index is 798. The van der Waals surface area contributed by atoms with Gasteiger partial charge in [-0.05, 0) is 50.0 Å². The first-order chi connectivity index (χ1) is 12.0. The Hall–Kier alpha value is -1.53. The van der Waals surface area contributed by atoms with Crippen LogP contribution in [0, 0.1) is 6.92 Å². The zero-order valence-corrected chi connectivity index (χ0v) is 18.4. The van der Waals surface area contributed by atoms with Crippen molar-refractivity contribution in [2.45, 2.75) is 64.8 Å². The monoisotopic (exact) mass is 374 g/mol. The molecule has 1 aliphatic heterocycles. The number of nitrogens with zero attached hydrogens (tertiary/aromatic N) is 3. The maximum Gasteiger partial charge on any atom is 0.192 e. The second-order valence-corrected chi connectivity index (χ2v) is 14.0. The van der Waals surface area contributed by atoms with Crippen LogP contribution >= 0.6 is 0 Å². The summed E-state index contributed by atoms with van der Waals surface area (Å²) in [5, 5.41) is 6.02. The van der Waals surface area contributed by atoms with Crippen molar-refractivity contribution >= 4 is 30.6 Å². The van der Waals surface area contributed by atoms with Gasteiger partial charge in [-0.25, -0.2) is 0 Å². The standard InChI is InChI=1S/C20H34N4OSi/c1-14-16-12-17(21)19(13-18(16)22-23(14)5)24-10-8-15(9-11-24)25-26(6,7)20(2,3)4/h12-13,15H,8-11,21H2,1-7H3. The molecule has 2 N–H and O–H groups in total. The van der Waals surface area contributed by atoms with E-state index in [1.807, 2.05) is 11.7 Å². The van der Waals surface area contributed by atoms with E-state index in [0.29, 0.717) is 6.10 Å². The van der Waals surface area contributed by atoms with E-state index in [-0.39, 0.29) is 5.04 Å². The molecule has 1 aliphatic rings. The Labute approximate surface area is 158 Å². The van der Waals surface area contributed by atoms with Crippen molar-refractivity contribution in [3.8, 4) is 0 Å². The molecule has 0 spiro atoms. The molecule has 0 bridgehead atoms. The molecular formula is C20H34N4OSi. The smallest absolute Gasteiger partial charge is 0.192 e. The van der Waals surface area contributed by atoms with Crippen molar-refractivity contribution in [1.82, 2.24) is 9.78 Å². The number of hydrogen-bond donors (Lipinski definition) is 1. The minimum Gasteiger partial charge on any atom is -0.414 e. The van der Waals surface area contributed by atoms with Crippen LogP contribution in [-0.4, -0.2) is 37.3 Å². The minimum absolute atomic E-state index is 0.260. The Balaban J connectivity index is 1.72. The third-order valence-electron chi connectivity index (χ3n) is 6.33. The van der Waals surface area contributed by atoms with Gasteiger partial charge in [0.15, 0.2) is 8.32 Å². The number of rotatable bonds is 3. The third-order valence-corrected chi connectivity index (χ3v) is 10.9. The third kappa shape index (κ3) is 3.49. The summed E-state index contributed by atoms with van der Waals surface area (Å²) in [6, 6.07) is 4.22. The number of nitrogens with two attached hydrogens (primary N) is 1. The number of anilines is 2. The Morgan fingerprint density at radius 2 is 1.81 bits per heavy atom. The highest BCUT2D eigenvalue weighted by Gasteiger charge is 2.39. The summed E-state index contributed by atoms with van der Waals surface area (Å²) in [4.78, 5) is 2.39. The molecular weight excluding hydrogens is 340 g/mol. The van der Waals surface area contributed by atoms with Gasteiger partial charge in [0.1, 0.15) is 0 Å². The van der Waals surface area contributed by atoms with E-state index in [4.69, 9.17) is 10.2 Å². The van der Waals surface area contributed by atoms with Crippen LogP contribution in [0.3, 0.4) is 0 Å². The molecule has 6 heteroatoms. The average molecular weight is 375 g/mol. The van der Waals surface area contributed by atoms with E-state index in [1.165, 1.54) is 0 Å². The maximum absolute atomic E-state index is 6.61. The second kappa shape index (κ2) is 6.57. The highest BCUT2D eigenvalue weighted by Crippen LogP contribution is 2.39. The van der Waals surface area contributed by atoms with Gasteiger partial charge in [-0.2, -0.15) is 5.10 Å². The normalized spacial score (nSPS) is 17.3. The van der Waals surface area contributed by atoms with Gasteiger partial charge in [0.25, 0.3) is 0 Å². The molecule has 1 aromatic heterocycles. The first kappa shape index (κ1) is 19.2. The number of piperidine rings is 1. The molecule has 5 nitrogen and oxygen atoms in total. The lowest BCUT2D eigenvalue weighted by Gasteiger charge is -2.42. The lowest BCUT2D eigenvalue weighted by atomic mass is 10.1. The summed E-state index contributed by atoms with van der Waals surface area (Å²) in [6.07, 6.45) is 2.49. The van der Waals surface area contributed by atoms with Crippen molar-refractivity contribution in [3.63, 3.8) is 0 Å². The van der Waals surface area contributed by atoms with E-state index in [0.717, 1.165) is 53.9 Å². The van der Waals surface area contributed by atoms with Crippen LogP contribution in [0.15, 0.2) is 12.1 Å². The molecule has 3 rings (SSSR count). The molecule has 1 fully saturated rings. The maximum atomic E-state index is 6.61. The molecule has 0 aliphatic carbocycles. The number of aryl methyl sites for hydroxylation is 2. The molecule has 0 radical (unpaired) electrons. The lowest BCUT2D eigenvalue weighted by Crippen LogP contribution is -2.47. The van der Waals surface area contributed by atoms with Gasteiger partial charge < -0.3 is 15.1 Å². The fourth-order valence-electron chi connectivity index (χ4n) is 3.46. The molecule has 2 aromatic rings. The quantitative estimate of drug-likeness (QED) is 0.637. The largest absolute Gasteiger partial charge is 0.414 e. The summed E-state index contributed by atoms with van der Waals surface area (Å²) in [5.74, 6) is 0. The second-order valence-electron chi connectivity index (χ2n) is 9.20. The number of hydrogen-bond acceptors (Lipinski definition) is 4. The topological polar surface area (TPSA) is 56.3 Å². The van der Waals surface area contributed by atoms with Gasteiger partial charge in [-0.3, -0.25) is 4.68 Å². The molecule has 0 atom stereocenters.